The number of hydrogen-bond acceptors (Lipinski definition) is 4. The Balaban J connectivity index is 1.78. The number of hydrogen-bond donors (Lipinski definition) is 2. The van der Waals surface area contributed by atoms with Gasteiger partial charge in [-0.3, -0.25) is 4.79 Å². The summed E-state index contributed by atoms with van der Waals surface area (Å²) >= 11 is 0. The van der Waals surface area contributed by atoms with Gasteiger partial charge < -0.3 is 15.0 Å². The Labute approximate surface area is 140 Å². The fourth-order valence-corrected chi connectivity index (χ4v) is 2.69. The second kappa shape index (κ2) is 6.70. The molecule has 0 atom stereocenters. The van der Waals surface area contributed by atoms with E-state index in [1.54, 1.807) is 0 Å². The molecule has 0 aliphatic rings. The molecule has 0 radical (unpaired) electrons. The predicted molar refractivity (Wildman–Crippen MR) is 93.3 cm³/mol. The highest BCUT2D eigenvalue weighted by Gasteiger charge is 2.14. The van der Waals surface area contributed by atoms with Crippen LogP contribution in [0.25, 0.3) is 10.9 Å². The van der Waals surface area contributed by atoms with Crippen molar-refractivity contribution in [3.63, 3.8) is 0 Å². The molecule has 1 amide bonds. The Morgan fingerprint density at radius 2 is 1.92 bits per heavy atom. The van der Waals surface area contributed by atoms with Crippen molar-refractivity contribution >= 4 is 22.5 Å². The van der Waals surface area contributed by atoms with Crippen LogP contribution in [0, 0.1) is 13.8 Å². The number of anilines is 1. The minimum Gasteiger partial charge on any atom is -0.464 e. The van der Waals surface area contributed by atoms with Crippen LogP contribution in [0.2, 0.25) is 0 Å². The fourth-order valence-electron chi connectivity index (χ4n) is 2.69. The minimum absolute atomic E-state index is 0.0984. The lowest BCUT2D eigenvalue weighted by atomic mass is 10.1. The summed E-state index contributed by atoms with van der Waals surface area (Å²) < 4.78 is 5.32. The van der Waals surface area contributed by atoms with E-state index in [0.29, 0.717) is 29.7 Å². The summed E-state index contributed by atoms with van der Waals surface area (Å²) in [5, 5.41) is 3.98. The number of amides is 1. The topological polar surface area (TPSA) is 79.9 Å². The molecule has 6 nitrogen and oxygen atoms in total. The van der Waals surface area contributed by atoms with Gasteiger partial charge in [-0.1, -0.05) is 18.2 Å². The first-order valence-corrected chi connectivity index (χ1v) is 7.91. The van der Waals surface area contributed by atoms with E-state index in [1.807, 2.05) is 51.2 Å². The van der Waals surface area contributed by atoms with Gasteiger partial charge in [-0.15, -0.1) is 0 Å². The third-order valence-electron chi connectivity index (χ3n) is 3.81. The molecule has 3 rings (SSSR count). The van der Waals surface area contributed by atoms with E-state index in [2.05, 4.69) is 20.3 Å². The molecule has 3 aromatic rings. The second-order valence-corrected chi connectivity index (χ2v) is 5.57. The van der Waals surface area contributed by atoms with Gasteiger partial charge in [0.05, 0.1) is 30.1 Å². The van der Waals surface area contributed by atoms with Crippen LogP contribution in [-0.2, 0) is 11.2 Å². The van der Waals surface area contributed by atoms with Gasteiger partial charge in [-0.05, 0) is 32.4 Å². The van der Waals surface area contributed by atoms with E-state index in [4.69, 9.17) is 4.74 Å². The maximum absolute atomic E-state index is 12.4. The average molecular weight is 324 g/mol. The van der Waals surface area contributed by atoms with Crippen molar-refractivity contribution in [1.29, 1.82) is 0 Å². The highest BCUT2D eigenvalue weighted by atomic mass is 16.5. The number of nitrogens with one attached hydrogen (secondary N) is 2. The van der Waals surface area contributed by atoms with Crippen molar-refractivity contribution in [1.82, 2.24) is 15.0 Å². The van der Waals surface area contributed by atoms with Crippen molar-refractivity contribution in [2.45, 2.75) is 27.2 Å². The zero-order valence-corrected chi connectivity index (χ0v) is 14.0. The standard InChI is InChI=1S/C18H20N4O2/c1-4-24-18-20-11(2)17(12(3)21-18)22-16(23)9-13-10-19-15-8-6-5-7-14(13)15/h5-8,10,19H,4,9H2,1-3H3,(H,22,23). The number of ether oxygens (including phenoxy) is 1. The third-order valence-corrected chi connectivity index (χ3v) is 3.81. The number of aryl methyl sites for hydroxylation is 2. The number of carbonyl (C=O) groups is 1. The molecule has 0 unspecified atom stereocenters. The molecule has 2 N–H and O–H groups in total. The van der Waals surface area contributed by atoms with Crippen LogP contribution in [0.4, 0.5) is 5.69 Å². The highest BCUT2D eigenvalue weighted by Crippen LogP contribution is 2.21. The molecule has 1 aromatic carbocycles. The van der Waals surface area contributed by atoms with Crippen LogP contribution in [0.5, 0.6) is 6.01 Å². The number of aromatic nitrogens is 3. The van der Waals surface area contributed by atoms with E-state index < -0.39 is 0 Å². The highest BCUT2D eigenvalue weighted by molar-refractivity contribution is 5.96. The van der Waals surface area contributed by atoms with Gasteiger partial charge in [-0.25, -0.2) is 0 Å². The Morgan fingerprint density at radius 1 is 1.21 bits per heavy atom. The van der Waals surface area contributed by atoms with Gasteiger partial charge in [-0.2, -0.15) is 9.97 Å². The van der Waals surface area contributed by atoms with E-state index >= 15 is 0 Å². The van der Waals surface area contributed by atoms with E-state index in [-0.39, 0.29) is 12.3 Å². The smallest absolute Gasteiger partial charge is 0.316 e. The molecule has 2 heterocycles. The Hall–Kier alpha value is -2.89. The summed E-state index contributed by atoms with van der Waals surface area (Å²) in [6, 6.07) is 8.26. The first kappa shape index (κ1) is 16.0. The van der Waals surface area contributed by atoms with Crippen molar-refractivity contribution in [2.75, 3.05) is 11.9 Å². The molecule has 0 aliphatic heterocycles. The summed E-state index contributed by atoms with van der Waals surface area (Å²) in [5.41, 5.74) is 4.02. The van der Waals surface area contributed by atoms with Gasteiger partial charge >= 0.3 is 6.01 Å². The fraction of sp³-hybridized carbons (Fsp3) is 0.278. The van der Waals surface area contributed by atoms with Crippen LogP contribution < -0.4 is 10.1 Å². The molecule has 0 saturated heterocycles. The third kappa shape index (κ3) is 3.22. The minimum atomic E-state index is -0.0984. The number of fused-ring (bicyclic) bond motifs is 1. The van der Waals surface area contributed by atoms with Crippen molar-refractivity contribution in [3.8, 4) is 6.01 Å². The summed E-state index contributed by atoms with van der Waals surface area (Å²) in [4.78, 5) is 24.1. The number of aromatic amines is 1. The first-order valence-electron chi connectivity index (χ1n) is 7.91. The SMILES string of the molecule is CCOc1nc(C)c(NC(=O)Cc2c[nH]c3ccccc23)c(C)n1. The van der Waals surface area contributed by atoms with Crippen molar-refractivity contribution in [3.05, 3.63) is 47.4 Å². The summed E-state index contributed by atoms with van der Waals surface area (Å²) in [6.45, 7) is 6.05. The lowest BCUT2D eigenvalue weighted by Crippen LogP contribution is -2.17. The zero-order chi connectivity index (χ0) is 17.1. The molecule has 24 heavy (non-hydrogen) atoms. The zero-order valence-electron chi connectivity index (χ0n) is 14.0. The summed E-state index contributed by atoms with van der Waals surface area (Å²) in [7, 11) is 0. The van der Waals surface area contributed by atoms with Crippen LogP contribution in [0.3, 0.4) is 0 Å². The number of nitrogens with zero attached hydrogens (tertiary/aromatic N) is 2. The number of para-hydroxylation sites is 1. The number of rotatable bonds is 5. The molecule has 0 bridgehead atoms. The molecule has 2 aromatic heterocycles. The Kier molecular flexibility index (Phi) is 4.46. The van der Waals surface area contributed by atoms with E-state index in [9.17, 15) is 4.79 Å². The van der Waals surface area contributed by atoms with Gasteiger partial charge in [0.2, 0.25) is 5.91 Å². The number of benzene rings is 1. The van der Waals surface area contributed by atoms with Crippen LogP contribution >= 0.6 is 0 Å². The molecular formula is C18H20N4O2. The van der Waals surface area contributed by atoms with E-state index in [0.717, 1.165) is 16.5 Å². The maximum atomic E-state index is 12.4. The van der Waals surface area contributed by atoms with Gasteiger partial charge in [0.1, 0.15) is 0 Å². The molecule has 0 saturated carbocycles. The maximum Gasteiger partial charge on any atom is 0.316 e. The Bertz CT molecular complexity index is 863. The van der Waals surface area contributed by atoms with Crippen LogP contribution in [-0.4, -0.2) is 27.5 Å². The second-order valence-electron chi connectivity index (χ2n) is 5.57. The summed E-state index contributed by atoms with van der Waals surface area (Å²) in [5.74, 6) is -0.0984. The Morgan fingerprint density at radius 3 is 2.62 bits per heavy atom. The van der Waals surface area contributed by atoms with Crippen LogP contribution in [0.1, 0.15) is 23.9 Å². The first-order chi connectivity index (χ1) is 11.6. The normalized spacial score (nSPS) is 10.8. The number of carbonyl (C=O) groups excluding carboxylic acids is 1. The van der Waals surface area contributed by atoms with Gasteiger partial charge in [0, 0.05) is 17.1 Å². The van der Waals surface area contributed by atoms with E-state index in [1.165, 1.54) is 0 Å². The molecule has 0 fully saturated rings. The largest absolute Gasteiger partial charge is 0.464 e. The lowest BCUT2D eigenvalue weighted by Gasteiger charge is -2.12. The monoisotopic (exact) mass is 324 g/mol. The number of H-pyrrole nitrogens is 1. The summed E-state index contributed by atoms with van der Waals surface area (Å²) in [6.07, 6.45) is 2.16. The molecule has 6 heteroatoms. The van der Waals surface area contributed by atoms with Crippen molar-refractivity contribution < 1.29 is 9.53 Å². The van der Waals surface area contributed by atoms with Gasteiger partial charge in [0.15, 0.2) is 0 Å². The molecule has 0 aliphatic carbocycles. The predicted octanol–water partition coefficient (Wildman–Crippen LogP) is 3.15. The quantitative estimate of drug-likeness (QED) is 0.755. The van der Waals surface area contributed by atoms with Crippen molar-refractivity contribution in [2.24, 2.45) is 0 Å². The van der Waals surface area contributed by atoms with Crippen LogP contribution in [0.15, 0.2) is 30.5 Å². The van der Waals surface area contributed by atoms with Gasteiger partial charge in [0.25, 0.3) is 0 Å². The average Bonchev–Trinajstić information content (AvgIpc) is 2.94. The molecular weight excluding hydrogens is 304 g/mol. The molecule has 124 valence electrons. The molecule has 0 spiro atoms. The lowest BCUT2D eigenvalue weighted by molar-refractivity contribution is -0.115.